The van der Waals surface area contributed by atoms with E-state index < -0.39 is 7.82 Å². The summed E-state index contributed by atoms with van der Waals surface area (Å²) in [7, 11) is -4.64. The maximum atomic E-state index is 8.88. The molecule has 0 unspecified atom stereocenters. The zero-order chi connectivity index (χ0) is 11.7. The summed E-state index contributed by atoms with van der Waals surface area (Å²) in [5, 5.41) is 0. The molecule has 1 rings (SSSR count). The molecule has 0 fully saturated rings. The van der Waals surface area contributed by atoms with Gasteiger partial charge in [0.1, 0.15) is 0 Å². The Morgan fingerprint density at radius 3 is 2.07 bits per heavy atom. The highest BCUT2D eigenvalue weighted by Crippen LogP contribution is 2.25. The van der Waals surface area contributed by atoms with Crippen molar-refractivity contribution in [2.75, 3.05) is 12.3 Å². The van der Waals surface area contributed by atoms with Crippen molar-refractivity contribution >= 4 is 19.6 Å². The van der Waals surface area contributed by atoms with Gasteiger partial charge >= 0.3 is 7.82 Å². The quantitative estimate of drug-likeness (QED) is 0.468. The smallest absolute Gasteiger partial charge is 0.330 e. The molecule has 7 heteroatoms. The molecular weight excluding hydrogens is 237 g/mol. The fraction of sp³-hybridized carbons (Fsp3) is 0.250. The molecule has 0 heterocycles. The van der Waals surface area contributed by atoms with Gasteiger partial charge in [0.15, 0.2) is 0 Å². The van der Waals surface area contributed by atoms with Gasteiger partial charge in [-0.2, -0.15) is 0 Å². The van der Waals surface area contributed by atoms with E-state index in [2.05, 4.69) is 12.1 Å². The lowest BCUT2D eigenvalue weighted by atomic mass is 10.4. The van der Waals surface area contributed by atoms with Gasteiger partial charge in [-0.15, -0.1) is 11.8 Å². The number of rotatable bonds is 3. The van der Waals surface area contributed by atoms with Gasteiger partial charge < -0.3 is 20.4 Å². The SMILES string of the molecule is NCCSc1ccccc1.O=P(O)(O)O. The first-order valence-electron chi connectivity index (χ1n) is 4.09. The predicted molar refractivity (Wildman–Crippen MR) is 60.5 cm³/mol. The van der Waals surface area contributed by atoms with Gasteiger partial charge in [-0.25, -0.2) is 4.57 Å². The third-order valence-electron chi connectivity index (χ3n) is 1.13. The summed E-state index contributed by atoms with van der Waals surface area (Å²) >= 11 is 1.80. The van der Waals surface area contributed by atoms with Gasteiger partial charge in [0, 0.05) is 17.2 Å². The van der Waals surface area contributed by atoms with Crippen molar-refractivity contribution in [3.05, 3.63) is 30.3 Å². The van der Waals surface area contributed by atoms with E-state index in [1.807, 2.05) is 18.2 Å². The largest absolute Gasteiger partial charge is 0.466 e. The summed E-state index contributed by atoms with van der Waals surface area (Å²) in [6.07, 6.45) is 0. The second-order valence-corrected chi connectivity index (χ2v) is 4.66. The minimum atomic E-state index is -4.64. The van der Waals surface area contributed by atoms with Crippen LogP contribution in [0.5, 0.6) is 0 Å². The van der Waals surface area contributed by atoms with Crippen LogP contribution in [0, 0.1) is 0 Å². The van der Waals surface area contributed by atoms with Gasteiger partial charge in [-0.1, -0.05) is 18.2 Å². The second-order valence-electron chi connectivity index (χ2n) is 2.46. The van der Waals surface area contributed by atoms with E-state index in [1.54, 1.807) is 11.8 Å². The Morgan fingerprint density at radius 2 is 1.67 bits per heavy atom. The van der Waals surface area contributed by atoms with Crippen molar-refractivity contribution in [2.24, 2.45) is 5.73 Å². The van der Waals surface area contributed by atoms with Gasteiger partial charge in [0.25, 0.3) is 0 Å². The van der Waals surface area contributed by atoms with Gasteiger partial charge in [0.2, 0.25) is 0 Å². The maximum absolute atomic E-state index is 8.88. The van der Waals surface area contributed by atoms with Crippen LogP contribution in [0.1, 0.15) is 0 Å². The van der Waals surface area contributed by atoms with E-state index in [1.165, 1.54) is 4.90 Å². The zero-order valence-corrected chi connectivity index (χ0v) is 9.69. The lowest BCUT2D eigenvalue weighted by Gasteiger charge is -1.96. The minimum Gasteiger partial charge on any atom is -0.330 e. The first-order valence-corrected chi connectivity index (χ1v) is 6.65. The topological polar surface area (TPSA) is 104 Å². The fourth-order valence-electron chi connectivity index (χ4n) is 0.693. The summed E-state index contributed by atoms with van der Waals surface area (Å²) in [5.41, 5.74) is 5.36. The number of thioether (sulfide) groups is 1. The van der Waals surface area contributed by atoms with Crippen LogP contribution < -0.4 is 5.73 Å². The Morgan fingerprint density at radius 1 is 1.20 bits per heavy atom. The average Bonchev–Trinajstić information content (AvgIpc) is 2.14. The molecule has 0 aliphatic heterocycles. The van der Waals surface area contributed by atoms with Crippen molar-refractivity contribution in [1.29, 1.82) is 0 Å². The first-order chi connectivity index (χ1) is 6.93. The van der Waals surface area contributed by atoms with Crippen molar-refractivity contribution in [3.8, 4) is 0 Å². The van der Waals surface area contributed by atoms with E-state index in [9.17, 15) is 0 Å². The summed E-state index contributed by atoms with van der Waals surface area (Å²) in [6.45, 7) is 0.750. The highest BCUT2D eigenvalue weighted by Gasteiger charge is 2.00. The summed E-state index contributed by atoms with van der Waals surface area (Å²) in [4.78, 5) is 22.9. The standard InChI is InChI=1S/C8H11NS.H3O4P/c9-6-7-10-8-4-2-1-3-5-8;1-5(2,3)4/h1-5H,6-7,9H2;(H3,1,2,3,4). The Hall–Kier alpha value is -0.360. The zero-order valence-electron chi connectivity index (χ0n) is 7.98. The summed E-state index contributed by atoms with van der Waals surface area (Å²) < 4.78 is 8.88. The number of hydrogen-bond acceptors (Lipinski definition) is 3. The highest BCUT2D eigenvalue weighted by molar-refractivity contribution is 7.99. The van der Waals surface area contributed by atoms with Crippen LogP contribution in [-0.2, 0) is 4.57 Å². The third-order valence-corrected chi connectivity index (χ3v) is 2.18. The second kappa shape index (κ2) is 7.87. The van der Waals surface area contributed by atoms with Crippen LogP contribution in [0.25, 0.3) is 0 Å². The van der Waals surface area contributed by atoms with Crippen LogP contribution >= 0.6 is 19.6 Å². The molecule has 5 nitrogen and oxygen atoms in total. The molecule has 15 heavy (non-hydrogen) atoms. The molecule has 1 aromatic rings. The normalized spacial score (nSPS) is 10.4. The molecule has 0 radical (unpaired) electrons. The molecule has 0 spiro atoms. The molecule has 0 bridgehead atoms. The molecule has 0 saturated heterocycles. The van der Waals surface area contributed by atoms with Crippen molar-refractivity contribution in [1.82, 2.24) is 0 Å². The molecule has 0 aliphatic rings. The van der Waals surface area contributed by atoms with E-state index in [4.69, 9.17) is 25.0 Å². The van der Waals surface area contributed by atoms with Crippen LogP contribution in [0.3, 0.4) is 0 Å². The third kappa shape index (κ3) is 13.6. The van der Waals surface area contributed by atoms with Crippen LogP contribution in [0.15, 0.2) is 35.2 Å². The predicted octanol–water partition coefficient (Wildman–Crippen LogP) is 0.809. The highest BCUT2D eigenvalue weighted by atomic mass is 32.2. The average molecular weight is 251 g/mol. The molecule has 0 atom stereocenters. The number of hydrogen-bond donors (Lipinski definition) is 4. The van der Waals surface area contributed by atoms with Gasteiger partial charge in [-0.3, -0.25) is 0 Å². The molecule has 86 valence electrons. The van der Waals surface area contributed by atoms with E-state index in [-0.39, 0.29) is 0 Å². The molecule has 1 aromatic carbocycles. The van der Waals surface area contributed by atoms with E-state index in [0.717, 1.165) is 12.3 Å². The number of nitrogens with two attached hydrogens (primary N) is 1. The van der Waals surface area contributed by atoms with E-state index in [0.29, 0.717) is 0 Å². The Labute approximate surface area is 92.6 Å². The van der Waals surface area contributed by atoms with Crippen molar-refractivity contribution in [2.45, 2.75) is 4.90 Å². The summed E-state index contributed by atoms with van der Waals surface area (Å²) in [6, 6.07) is 10.3. The molecule has 5 N–H and O–H groups in total. The molecule has 0 saturated carbocycles. The van der Waals surface area contributed by atoms with Crippen molar-refractivity contribution < 1.29 is 19.2 Å². The number of phosphoric acid groups is 1. The summed E-state index contributed by atoms with van der Waals surface area (Å²) in [5.74, 6) is 1.00. The Bertz CT molecular complexity index is 295. The monoisotopic (exact) mass is 251 g/mol. The minimum absolute atomic E-state index is 0.750. The van der Waals surface area contributed by atoms with Crippen LogP contribution in [0.2, 0.25) is 0 Å². The van der Waals surface area contributed by atoms with Crippen LogP contribution in [0.4, 0.5) is 0 Å². The Balaban J connectivity index is 0.000000336. The molecule has 0 amide bonds. The van der Waals surface area contributed by atoms with E-state index >= 15 is 0 Å². The van der Waals surface area contributed by atoms with Crippen molar-refractivity contribution in [3.63, 3.8) is 0 Å². The Kier molecular flexibility index (Phi) is 7.68. The van der Waals surface area contributed by atoms with Crippen LogP contribution in [-0.4, -0.2) is 27.0 Å². The first kappa shape index (κ1) is 14.6. The molecular formula is C8H14NO4PS. The lowest BCUT2D eigenvalue weighted by Crippen LogP contribution is -2.00. The van der Waals surface area contributed by atoms with Gasteiger partial charge in [0.05, 0.1) is 0 Å². The fourth-order valence-corrected chi connectivity index (χ4v) is 1.40. The molecule has 0 aromatic heterocycles. The van der Waals surface area contributed by atoms with Gasteiger partial charge in [-0.05, 0) is 12.1 Å². The number of benzene rings is 1. The maximum Gasteiger partial charge on any atom is 0.466 e. The molecule has 0 aliphatic carbocycles. The lowest BCUT2D eigenvalue weighted by molar-refractivity contribution is 0.275.